The predicted octanol–water partition coefficient (Wildman–Crippen LogP) is 2.63. The molecule has 7 atom stereocenters. The lowest BCUT2D eigenvalue weighted by Gasteiger charge is -2.57. The zero-order chi connectivity index (χ0) is 20.5. The second kappa shape index (κ2) is 6.33. The summed E-state index contributed by atoms with van der Waals surface area (Å²) in [5, 5.41) is 21.2. The summed E-state index contributed by atoms with van der Waals surface area (Å²) in [6.07, 6.45) is 6.16. The third kappa shape index (κ3) is 2.29. The first-order valence-corrected chi connectivity index (χ1v) is 10.8. The third-order valence-corrected chi connectivity index (χ3v) is 9.11. The summed E-state index contributed by atoms with van der Waals surface area (Å²) >= 11 is 0. The summed E-state index contributed by atoms with van der Waals surface area (Å²) in [4.78, 5) is 38.2. The van der Waals surface area contributed by atoms with Gasteiger partial charge in [-0.2, -0.15) is 0 Å². The van der Waals surface area contributed by atoms with Crippen molar-refractivity contribution in [1.29, 1.82) is 0 Å². The van der Waals surface area contributed by atoms with Gasteiger partial charge < -0.3 is 10.2 Å². The van der Waals surface area contributed by atoms with Gasteiger partial charge in [-0.3, -0.25) is 14.4 Å². The van der Waals surface area contributed by atoms with Crippen LogP contribution in [0.3, 0.4) is 0 Å². The Labute approximate surface area is 166 Å². The number of allylic oxidation sites excluding steroid dienone is 1. The Morgan fingerprint density at radius 2 is 1.96 bits per heavy atom. The highest BCUT2D eigenvalue weighted by Crippen LogP contribution is 2.68. The number of carbonyl (C=O) groups excluding carboxylic acids is 3. The standard InChI is InChI=1S/C23H32O5/c1-4-13-10-17-16-6-5-14-9-15(25)7-8-21(14,2)20(16)18(26)11-22(17,3)23(13,28)19(27)12-24/h9,13,16-17,20,24,28H,4-8,10-12H2,1-3H3/t13?,16-,17-,20+,21-,22-,23-/m0/s1. The molecule has 154 valence electrons. The molecule has 0 amide bonds. The minimum atomic E-state index is -1.64. The van der Waals surface area contributed by atoms with Crippen LogP contribution in [-0.2, 0) is 14.4 Å². The van der Waals surface area contributed by atoms with Crippen LogP contribution in [0.2, 0.25) is 0 Å². The molecule has 4 aliphatic rings. The van der Waals surface area contributed by atoms with E-state index in [1.54, 1.807) is 6.08 Å². The third-order valence-electron chi connectivity index (χ3n) is 9.11. The SMILES string of the molecule is CCC1C[C@H]2[C@@H]3CCC4=CC(=O)CC[C@]4(C)[C@H]3C(=O)C[C@]2(C)[C@@]1(O)C(=O)CO. The zero-order valence-corrected chi connectivity index (χ0v) is 17.2. The Hall–Kier alpha value is -1.33. The Balaban J connectivity index is 1.79. The molecule has 4 aliphatic carbocycles. The first-order chi connectivity index (χ1) is 13.1. The van der Waals surface area contributed by atoms with Crippen LogP contribution in [0, 0.1) is 34.5 Å². The summed E-state index contributed by atoms with van der Waals surface area (Å²) in [6.45, 7) is 5.31. The van der Waals surface area contributed by atoms with Crippen molar-refractivity contribution in [2.24, 2.45) is 34.5 Å². The van der Waals surface area contributed by atoms with Gasteiger partial charge >= 0.3 is 0 Å². The lowest BCUT2D eigenvalue weighted by molar-refractivity contribution is -0.175. The number of aliphatic hydroxyl groups is 2. The van der Waals surface area contributed by atoms with Crippen molar-refractivity contribution in [3.05, 3.63) is 11.6 Å². The second-order valence-corrected chi connectivity index (χ2v) is 10.1. The summed E-state index contributed by atoms with van der Waals surface area (Å²) in [7, 11) is 0. The maximum Gasteiger partial charge on any atom is 0.190 e. The number of hydrogen-bond acceptors (Lipinski definition) is 5. The van der Waals surface area contributed by atoms with Gasteiger partial charge in [0.1, 0.15) is 18.0 Å². The summed E-state index contributed by atoms with van der Waals surface area (Å²) in [6, 6.07) is 0. The number of fused-ring (bicyclic) bond motifs is 5. The van der Waals surface area contributed by atoms with Crippen molar-refractivity contribution in [3.8, 4) is 0 Å². The van der Waals surface area contributed by atoms with E-state index in [0.717, 1.165) is 24.8 Å². The number of aliphatic hydroxyl groups excluding tert-OH is 1. The lowest BCUT2D eigenvalue weighted by atomic mass is 9.45. The van der Waals surface area contributed by atoms with E-state index in [4.69, 9.17) is 0 Å². The van der Waals surface area contributed by atoms with Gasteiger partial charge in [-0.1, -0.05) is 32.8 Å². The molecule has 0 aliphatic heterocycles. The van der Waals surface area contributed by atoms with Gasteiger partial charge in [-0.15, -0.1) is 0 Å². The minimum absolute atomic E-state index is 0.0802. The van der Waals surface area contributed by atoms with Crippen LogP contribution >= 0.6 is 0 Å². The van der Waals surface area contributed by atoms with E-state index < -0.39 is 23.4 Å². The summed E-state index contributed by atoms with van der Waals surface area (Å²) < 4.78 is 0. The van der Waals surface area contributed by atoms with Gasteiger partial charge in [0.25, 0.3) is 0 Å². The molecular weight excluding hydrogens is 356 g/mol. The first kappa shape index (κ1) is 20.0. The Morgan fingerprint density at radius 3 is 2.61 bits per heavy atom. The van der Waals surface area contributed by atoms with E-state index >= 15 is 0 Å². The van der Waals surface area contributed by atoms with Gasteiger partial charge in [0, 0.05) is 24.2 Å². The molecular formula is C23H32O5. The molecule has 0 aromatic heterocycles. The van der Waals surface area contributed by atoms with Crippen molar-refractivity contribution in [2.45, 2.75) is 71.3 Å². The molecule has 0 heterocycles. The highest BCUT2D eigenvalue weighted by atomic mass is 16.3. The molecule has 0 bridgehead atoms. The summed E-state index contributed by atoms with van der Waals surface area (Å²) in [5.41, 5.74) is -1.62. The Morgan fingerprint density at radius 1 is 1.25 bits per heavy atom. The maximum absolute atomic E-state index is 13.5. The van der Waals surface area contributed by atoms with Crippen LogP contribution in [0.1, 0.15) is 65.7 Å². The molecule has 28 heavy (non-hydrogen) atoms. The molecule has 4 rings (SSSR count). The predicted molar refractivity (Wildman–Crippen MR) is 103 cm³/mol. The maximum atomic E-state index is 13.5. The number of rotatable bonds is 3. The fraction of sp³-hybridized carbons (Fsp3) is 0.783. The van der Waals surface area contributed by atoms with Crippen molar-refractivity contribution in [1.82, 2.24) is 0 Å². The molecule has 1 unspecified atom stereocenters. The quantitative estimate of drug-likeness (QED) is 0.775. The monoisotopic (exact) mass is 388 g/mol. The highest BCUT2D eigenvalue weighted by Gasteiger charge is 2.71. The van der Waals surface area contributed by atoms with E-state index in [2.05, 4.69) is 6.92 Å². The molecule has 3 fully saturated rings. The van der Waals surface area contributed by atoms with Crippen LogP contribution in [0.4, 0.5) is 0 Å². The number of carbonyl (C=O) groups is 3. The van der Waals surface area contributed by atoms with Crippen LogP contribution in [-0.4, -0.2) is 39.8 Å². The van der Waals surface area contributed by atoms with Gasteiger partial charge in [0.05, 0.1) is 0 Å². The van der Waals surface area contributed by atoms with Crippen LogP contribution in [0.25, 0.3) is 0 Å². The normalized spacial score (nSPS) is 47.8. The molecule has 0 radical (unpaired) electrons. The summed E-state index contributed by atoms with van der Waals surface area (Å²) in [5.74, 6) is -0.426. The van der Waals surface area contributed by atoms with Crippen molar-refractivity contribution < 1.29 is 24.6 Å². The van der Waals surface area contributed by atoms with Crippen molar-refractivity contribution >= 4 is 17.3 Å². The first-order valence-electron chi connectivity index (χ1n) is 10.8. The largest absolute Gasteiger partial charge is 0.388 e. The lowest BCUT2D eigenvalue weighted by Crippen LogP contribution is -2.62. The van der Waals surface area contributed by atoms with Crippen molar-refractivity contribution in [2.75, 3.05) is 6.61 Å². The molecule has 0 aromatic rings. The number of hydrogen-bond donors (Lipinski definition) is 2. The number of ketones is 3. The minimum Gasteiger partial charge on any atom is -0.388 e. The average Bonchev–Trinajstić information content (AvgIpc) is 2.89. The molecule has 0 saturated heterocycles. The van der Waals surface area contributed by atoms with E-state index in [-0.39, 0.29) is 47.1 Å². The molecule has 0 aromatic carbocycles. The van der Waals surface area contributed by atoms with Gasteiger partial charge in [-0.25, -0.2) is 0 Å². The Kier molecular flexibility index (Phi) is 4.51. The molecule has 0 spiro atoms. The Bertz CT molecular complexity index is 769. The van der Waals surface area contributed by atoms with E-state index in [1.165, 1.54) is 0 Å². The van der Waals surface area contributed by atoms with Crippen LogP contribution < -0.4 is 0 Å². The van der Waals surface area contributed by atoms with Gasteiger partial charge in [0.15, 0.2) is 11.6 Å². The number of Topliss-reactive ketones (excluding diaryl/α,β-unsaturated/α-hetero) is 2. The molecule has 2 N–H and O–H groups in total. The smallest absolute Gasteiger partial charge is 0.190 e. The van der Waals surface area contributed by atoms with Crippen molar-refractivity contribution in [3.63, 3.8) is 0 Å². The van der Waals surface area contributed by atoms with E-state index in [9.17, 15) is 24.6 Å². The highest BCUT2D eigenvalue weighted by molar-refractivity contribution is 5.94. The van der Waals surface area contributed by atoms with Gasteiger partial charge in [-0.05, 0) is 54.9 Å². The zero-order valence-electron chi connectivity index (χ0n) is 17.2. The second-order valence-electron chi connectivity index (χ2n) is 10.1. The topological polar surface area (TPSA) is 91.7 Å². The van der Waals surface area contributed by atoms with Crippen LogP contribution in [0.15, 0.2) is 11.6 Å². The van der Waals surface area contributed by atoms with Crippen LogP contribution in [0.5, 0.6) is 0 Å². The van der Waals surface area contributed by atoms with E-state index in [1.807, 2.05) is 13.8 Å². The fourth-order valence-corrected chi connectivity index (χ4v) is 7.68. The van der Waals surface area contributed by atoms with E-state index in [0.29, 0.717) is 19.3 Å². The fourth-order valence-electron chi connectivity index (χ4n) is 7.68. The average molecular weight is 389 g/mol. The molecule has 5 heteroatoms. The molecule has 3 saturated carbocycles. The molecule has 5 nitrogen and oxygen atoms in total. The van der Waals surface area contributed by atoms with Gasteiger partial charge in [0.2, 0.25) is 0 Å².